The van der Waals surface area contributed by atoms with Crippen molar-refractivity contribution < 1.29 is 4.42 Å². The summed E-state index contributed by atoms with van der Waals surface area (Å²) in [6.45, 7) is 0. The van der Waals surface area contributed by atoms with Gasteiger partial charge in [0.05, 0.1) is 5.69 Å². The lowest BCUT2D eigenvalue weighted by atomic mass is 9.93. The van der Waals surface area contributed by atoms with E-state index in [1.165, 1.54) is 44.2 Å². The molecular formula is C52H35NO. The Balaban J connectivity index is 1.13. The molecule has 0 saturated heterocycles. The third-order valence-corrected chi connectivity index (χ3v) is 10.5. The molecule has 2 heteroatoms. The van der Waals surface area contributed by atoms with Crippen molar-refractivity contribution in [2.24, 2.45) is 0 Å². The normalized spacial score (nSPS) is 11.3. The molecule has 0 spiro atoms. The maximum atomic E-state index is 6.53. The van der Waals surface area contributed by atoms with Gasteiger partial charge in [0.1, 0.15) is 11.2 Å². The largest absolute Gasteiger partial charge is 0.456 e. The summed E-state index contributed by atoms with van der Waals surface area (Å²) in [4.78, 5) is 2.38. The Morgan fingerprint density at radius 3 is 1.44 bits per heavy atom. The fourth-order valence-corrected chi connectivity index (χ4v) is 7.88. The molecule has 0 saturated carbocycles. The van der Waals surface area contributed by atoms with E-state index in [0.717, 1.165) is 50.1 Å². The fourth-order valence-electron chi connectivity index (χ4n) is 7.88. The molecule has 0 atom stereocenters. The van der Waals surface area contributed by atoms with Gasteiger partial charge in [0.15, 0.2) is 0 Å². The van der Waals surface area contributed by atoms with Crippen molar-refractivity contribution in [2.45, 2.75) is 0 Å². The molecule has 0 N–H and O–H groups in total. The van der Waals surface area contributed by atoms with E-state index in [1.807, 2.05) is 6.07 Å². The smallest absolute Gasteiger partial charge is 0.136 e. The van der Waals surface area contributed by atoms with Crippen LogP contribution >= 0.6 is 0 Å². The average molecular weight is 690 g/mol. The van der Waals surface area contributed by atoms with Gasteiger partial charge in [-0.1, -0.05) is 164 Å². The summed E-state index contributed by atoms with van der Waals surface area (Å²) in [5.74, 6) is 0. The van der Waals surface area contributed by atoms with E-state index in [1.54, 1.807) is 0 Å². The first-order valence-corrected chi connectivity index (χ1v) is 18.4. The van der Waals surface area contributed by atoms with Gasteiger partial charge >= 0.3 is 0 Å². The lowest BCUT2D eigenvalue weighted by molar-refractivity contribution is 0.669. The van der Waals surface area contributed by atoms with Crippen LogP contribution < -0.4 is 4.90 Å². The molecule has 254 valence electrons. The van der Waals surface area contributed by atoms with Crippen LogP contribution in [0.2, 0.25) is 0 Å². The zero-order valence-electron chi connectivity index (χ0n) is 29.6. The molecule has 2 nitrogen and oxygen atoms in total. The molecule has 10 aromatic rings. The van der Waals surface area contributed by atoms with Crippen LogP contribution in [0, 0.1) is 0 Å². The van der Waals surface area contributed by atoms with Gasteiger partial charge in [-0.3, -0.25) is 0 Å². The minimum Gasteiger partial charge on any atom is -0.456 e. The lowest BCUT2D eigenvalue weighted by Crippen LogP contribution is -2.11. The second kappa shape index (κ2) is 13.4. The predicted molar refractivity (Wildman–Crippen MR) is 228 cm³/mol. The van der Waals surface area contributed by atoms with Crippen LogP contribution in [0.1, 0.15) is 0 Å². The summed E-state index contributed by atoms with van der Waals surface area (Å²) in [5.41, 5.74) is 14.5. The van der Waals surface area contributed by atoms with Gasteiger partial charge in [-0.25, -0.2) is 0 Å². The molecule has 54 heavy (non-hydrogen) atoms. The zero-order valence-corrected chi connectivity index (χ0v) is 29.6. The molecule has 0 amide bonds. The Hall–Kier alpha value is -7.16. The average Bonchev–Trinajstić information content (AvgIpc) is 3.64. The van der Waals surface area contributed by atoms with Crippen molar-refractivity contribution in [1.82, 2.24) is 0 Å². The molecule has 0 aliphatic heterocycles. The van der Waals surface area contributed by atoms with Gasteiger partial charge in [-0.05, 0) is 98.2 Å². The van der Waals surface area contributed by atoms with Crippen molar-refractivity contribution in [3.05, 3.63) is 212 Å². The number of benzene rings is 9. The first-order valence-electron chi connectivity index (χ1n) is 18.4. The molecule has 0 unspecified atom stereocenters. The van der Waals surface area contributed by atoms with Gasteiger partial charge in [-0.15, -0.1) is 0 Å². The van der Waals surface area contributed by atoms with Crippen LogP contribution in [0.15, 0.2) is 217 Å². The zero-order chi connectivity index (χ0) is 35.8. The Kier molecular flexibility index (Phi) is 7.85. The number of rotatable bonds is 7. The molecular weight excluding hydrogens is 655 g/mol. The second-order valence-electron chi connectivity index (χ2n) is 13.7. The van der Waals surface area contributed by atoms with Crippen molar-refractivity contribution in [3.63, 3.8) is 0 Å². The van der Waals surface area contributed by atoms with E-state index in [4.69, 9.17) is 4.42 Å². The van der Waals surface area contributed by atoms with Gasteiger partial charge in [0, 0.05) is 27.7 Å². The van der Waals surface area contributed by atoms with E-state index < -0.39 is 0 Å². The Bertz CT molecular complexity index is 2910. The predicted octanol–water partition coefficient (Wildman–Crippen LogP) is 14.9. The number of hydrogen-bond acceptors (Lipinski definition) is 2. The highest BCUT2D eigenvalue weighted by molar-refractivity contribution is 6.22. The first kappa shape index (κ1) is 31.6. The number of fused-ring (bicyclic) bond motifs is 5. The van der Waals surface area contributed by atoms with Gasteiger partial charge in [-0.2, -0.15) is 0 Å². The second-order valence-corrected chi connectivity index (χ2v) is 13.7. The highest BCUT2D eigenvalue weighted by Crippen LogP contribution is 2.46. The third kappa shape index (κ3) is 5.62. The molecule has 0 bridgehead atoms. The van der Waals surface area contributed by atoms with Crippen molar-refractivity contribution in [1.29, 1.82) is 0 Å². The third-order valence-electron chi connectivity index (χ3n) is 10.5. The maximum Gasteiger partial charge on any atom is 0.136 e. The van der Waals surface area contributed by atoms with Crippen molar-refractivity contribution >= 4 is 49.8 Å². The fraction of sp³-hybridized carbons (Fsp3) is 0. The summed E-state index contributed by atoms with van der Waals surface area (Å²) in [5, 5.41) is 4.67. The molecule has 1 heterocycles. The molecule has 0 radical (unpaired) electrons. The van der Waals surface area contributed by atoms with Crippen LogP contribution in [0.25, 0.3) is 77.2 Å². The number of nitrogens with zero attached hydrogens (tertiary/aromatic N) is 1. The van der Waals surface area contributed by atoms with E-state index in [2.05, 4.69) is 211 Å². The molecule has 0 fully saturated rings. The molecule has 0 aliphatic rings. The van der Waals surface area contributed by atoms with Crippen molar-refractivity contribution in [3.8, 4) is 44.5 Å². The van der Waals surface area contributed by atoms with E-state index in [-0.39, 0.29) is 0 Å². The molecule has 0 aliphatic carbocycles. The van der Waals surface area contributed by atoms with Crippen LogP contribution in [0.5, 0.6) is 0 Å². The Morgan fingerprint density at radius 2 is 0.778 bits per heavy atom. The topological polar surface area (TPSA) is 16.4 Å². The van der Waals surface area contributed by atoms with E-state index in [9.17, 15) is 0 Å². The highest BCUT2D eigenvalue weighted by atomic mass is 16.3. The van der Waals surface area contributed by atoms with Crippen LogP contribution in [0.4, 0.5) is 17.1 Å². The number of anilines is 3. The lowest BCUT2D eigenvalue weighted by Gasteiger charge is -2.28. The van der Waals surface area contributed by atoms with E-state index >= 15 is 0 Å². The van der Waals surface area contributed by atoms with Crippen molar-refractivity contribution in [2.75, 3.05) is 4.90 Å². The SMILES string of the molecule is c1ccc(-c2ccc(N(c3ccc(-c4cccc(-c5ccccc5)c4)cc3)c3ccccc3-c3cc4oc5ccccc5c4c4ccccc34)cc2)cc1. The first-order chi connectivity index (χ1) is 26.8. The molecule has 10 rings (SSSR count). The van der Waals surface area contributed by atoms with Crippen LogP contribution in [-0.4, -0.2) is 0 Å². The van der Waals surface area contributed by atoms with Gasteiger partial charge in [0.2, 0.25) is 0 Å². The van der Waals surface area contributed by atoms with E-state index in [0.29, 0.717) is 0 Å². The Morgan fingerprint density at radius 1 is 0.296 bits per heavy atom. The number of hydrogen-bond donors (Lipinski definition) is 0. The standard InChI is InChI=1S/C52H35NO/c1-3-14-36(15-4-1)38-26-30-42(31-27-38)53(43-32-28-39(29-33-43)41-19-13-18-40(34-41)37-16-5-2-6-17-37)49-24-11-9-21-45(49)48-35-51-52(46-22-8-7-20-44(46)48)47-23-10-12-25-50(47)54-51/h1-35H. The summed E-state index contributed by atoms with van der Waals surface area (Å²) >= 11 is 0. The van der Waals surface area contributed by atoms with Crippen LogP contribution in [0.3, 0.4) is 0 Å². The Labute approximate surface area is 314 Å². The van der Waals surface area contributed by atoms with Gasteiger partial charge in [0.25, 0.3) is 0 Å². The summed E-state index contributed by atoms with van der Waals surface area (Å²) in [7, 11) is 0. The summed E-state index contributed by atoms with van der Waals surface area (Å²) < 4.78 is 6.53. The minimum atomic E-state index is 0.889. The van der Waals surface area contributed by atoms with Gasteiger partial charge < -0.3 is 9.32 Å². The quantitative estimate of drug-likeness (QED) is 0.166. The molecule has 1 aromatic heterocycles. The monoisotopic (exact) mass is 689 g/mol. The maximum absolute atomic E-state index is 6.53. The molecule has 9 aromatic carbocycles. The number of para-hydroxylation sites is 2. The highest BCUT2D eigenvalue weighted by Gasteiger charge is 2.21. The number of furan rings is 1. The van der Waals surface area contributed by atoms with Crippen LogP contribution in [-0.2, 0) is 0 Å². The minimum absolute atomic E-state index is 0.889. The summed E-state index contributed by atoms with van der Waals surface area (Å²) in [6.07, 6.45) is 0. The summed E-state index contributed by atoms with van der Waals surface area (Å²) in [6, 6.07) is 75.8.